The number of aryl methyl sites for hydroxylation is 2. The Hall–Kier alpha value is -3.12. The third-order valence-corrected chi connectivity index (χ3v) is 7.42. The van der Waals surface area contributed by atoms with E-state index in [0.29, 0.717) is 23.7 Å². The van der Waals surface area contributed by atoms with Gasteiger partial charge in [-0.2, -0.15) is 0 Å². The van der Waals surface area contributed by atoms with Gasteiger partial charge in [0, 0.05) is 28.7 Å². The van der Waals surface area contributed by atoms with E-state index >= 15 is 0 Å². The van der Waals surface area contributed by atoms with Gasteiger partial charge in [0.05, 0.1) is 13.1 Å². The van der Waals surface area contributed by atoms with Gasteiger partial charge in [-0.25, -0.2) is 18.3 Å². The molecule has 0 N–H and O–H groups in total. The molecule has 0 radical (unpaired) electrons. The first-order valence-corrected chi connectivity index (χ1v) is 20.2. The van der Waals surface area contributed by atoms with Gasteiger partial charge in [-0.05, 0) is 23.7 Å². The molecule has 0 saturated heterocycles. The minimum atomic E-state index is -10.7. The summed E-state index contributed by atoms with van der Waals surface area (Å²) in [5.41, 5.74) is 8.34. The normalized spacial score (nSPS) is 15.1. The van der Waals surface area contributed by atoms with Crippen molar-refractivity contribution >= 4 is 15.6 Å². The number of imidazole rings is 2. The summed E-state index contributed by atoms with van der Waals surface area (Å²) in [5, 5.41) is 0. The Morgan fingerprint density at radius 2 is 0.706 bits per heavy atom. The minimum absolute atomic E-state index is 0.488. The van der Waals surface area contributed by atoms with Crippen molar-refractivity contribution in [3.8, 4) is 11.4 Å². The molecule has 0 aliphatic heterocycles. The van der Waals surface area contributed by atoms with E-state index in [2.05, 4.69) is 147 Å². The first-order chi connectivity index (χ1) is 22.6. The van der Waals surface area contributed by atoms with Gasteiger partial charge in [0.1, 0.15) is 36.2 Å². The van der Waals surface area contributed by atoms with Crippen molar-refractivity contribution in [3.63, 3.8) is 0 Å². The molecule has 0 fully saturated rings. The molecule has 2 aromatic carbocycles. The van der Waals surface area contributed by atoms with Gasteiger partial charge in [-0.15, -0.1) is 0 Å². The van der Waals surface area contributed by atoms with Crippen molar-refractivity contribution in [1.29, 1.82) is 0 Å². The molecule has 0 aliphatic carbocycles. The fraction of sp³-hybridized carbons (Fsp3) is 0.455. The van der Waals surface area contributed by atoms with E-state index in [1.54, 1.807) is 0 Å². The van der Waals surface area contributed by atoms with Crippen molar-refractivity contribution in [2.45, 2.75) is 98.6 Å². The maximum atomic E-state index is 9.87. The molecule has 18 heteroatoms. The van der Waals surface area contributed by atoms with Gasteiger partial charge < -0.3 is 0 Å². The van der Waals surface area contributed by atoms with Crippen molar-refractivity contribution in [3.05, 3.63) is 96.1 Å². The molecule has 292 valence electrons. The summed E-state index contributed by atoms with van der Waals surface area (Å²) in [7, 11) is -21.3. The Labute approximate surface area is 290 Å². The Morgan fingerprint density at radius 1 is 0.471 bits per heavy atom. The molecule has 0 spiro atoms. The summed E-state index contributed by atoms with van der Waals surface area (Å²) in [6.45, 7) is 20.3. The topological polar surface area (TPSA) is 17.6 Å². The third-order valence-electron chi connectivity index (χ3n) is 7.42. The van der Waals surface area contributed by atoms with E-state index in [1.807, 2.05) is 0 Å². The molecule has 0 amide bonds. The molecule has 0 unspecified atom stereocenters. The standard InChI is InChI=1S/C33H46N4.2F6P/c1-24(2)28-12-9-13-29(25(3)4)32(28)36-20-18-34(22-36)16-11-17-35-19-21-37(23-35)33-30(26(5)6)14-10-15-31(33)27(7)8;2*1-7(2,3,4,5)6/h9-10,12-15,18-27H,11,16-17H2,1-8H3;;/q+2;2*-1. The zero-order valence-corrected chi connectivity index (χ0v) is 31.4. The van der Waals surface area contributed by atoms with Crippen molar-refractivity contribution in [2.24, 2.45) is 0 Å². The molecular weight excluding hydrogens is 742 g/mol. The van der Waals surface area contributed by atoms with Crippen LogP contribution in [0.2, 0.25) is 0 Å². The number of nitrogens with zero attached hydrogens (tertiary/aromatic N) is 4. The summed E-state index contributed by atoms with van der Waals surface area (Å²) < 4.78 is 128. The molecule has 0 atom stereocenters. The van der Waals surface area contributed by atoms with Crippen LogP contribution in [-0.2, 0) is 13.1 Å². The van der Waals surface area contributed by atoms with Crippen molar-refractivity contribution < 1.29 is 59.5 Å². The first kappa shape index (κ1) is 44.0. The van der Waals surface area contributed by atoms with Gasteiger partial charge >= 0.3 is 66.0 Å². The van der Waals surface area contributed by atoms with Crippen LogP contribution in [0.25, 0.3) is 11.4 Å². The predicted octanol–water partition coefficient (Wildman–Crippen LogP) is 14.2. The van der Waals surface area contributed by atoms with Crippen LogP contribution in [0.15, 0.2) is 73.8 Å². The number of hydrogen-bond donors (Lipinski definition) is 0. The van der Waals surface area contributed by atoms with Gasteiger partial charge in [0.2, 0.25) is 12.7 Å². The van der Waals surface area contributed by atoms with Crippen LogP contribution in [-0.4, -0.2) is 9.13 Å². The molecule has 4 nitrogen and oxygen atoms in total. The Kier molecular flexibility index (Phi) is 12.1. The fourth-order valence-electron chi connectivity index (χ4n) is 5.37. The summed E-state index contributed by atoms with van der Waals surface area (Å²) >= 11 is 0. The number of halogens is 12. The quantitative estimate of drug-likeness (QED) is 0.0865. The molecule has 51 heavy (non-hydrogen) atoms. The monoisotopic (exact) mass is 788 g/mol. The summed E-state index contributed by atoms with van der Waals surface area (Å²) in [6.07, 6.45) is 14.5. The third kappa shape index (κ3) is 17.8. The van der Waals surface area contributed by atoms with Crippen LogP contribution in [0, 0.1) is 0 Å². The Morgan fingerprint density at radius 3 is 0.922 bits per heavy atom. The second-order valence-corrected chi connectivity index (χ2v) is 17.4. The average Bonchev–Trinajstić information content (AvgIpc) is 3.58. The van der Waals surface area contributed by atoms with Gasteiger partial charge in [-0.3, -0.25) is 0 Å². The van der Waals surface area contributed by atoms with Crippen LogP contribution in [0.4, 0.5) is 50.4 Å². The fourth-order valence-corrected chi connectivity index (χ4v) is 5.37. The first-order valence-electron chi connectivity index (χ1n) is 16.1. The second-order valence-electron chi connectivity index (χ2n) is 13.6. The SMILES string of the molecule is CC(C)c1cccc(C(C)C)c1-n1cc[n+](CCC[n+]2ccn(-c3c(C(C)C)cccc3C(C)C)c2)c1.F[P-](F)(F)(F)(F)F.F[P-](F)(F)(F)(F)F. The molecule has 2 heterocycles. The Balaban J connectivity index is 0.000000543. The summed E-state index contributed by atoms with van der Waals surface area (Å²) in [4.78, 5) is 0. The van der Waals surface area contributed by atoms with Gasteiger partial charge in [0.25, 0.3) is 0 Å². The van der Waals surface area contributed by atoms with Gasteiger partial charge in [-0.1, -0.05) is 91.8 Å². The van der Waals surface area contributed by atoms with Crippen LogP contribution in [0.5, 0.6) is 0 Å². The van der Waals surface area contributed by atoms with Crippen molar-refractivity contribution in [1.82, 2.24) is 9.13 Å². The zero-order chi connectivity index (χ0) is 39.5. The van der Waals surface area contributed by atoms with E-state index in [0.717, 1.165) is 19.5 Å². The maximum absolute atomic E-state index is 10.7. The van der Waals surface area contributed by atoms with E-state index in [9.17, 15) is 50.4 Å². The zero-order valence-electron chi connectivity index (χ0n) is 29.6. The predicted molar refractivity (Wildman–Crippen MR) is 180 cm³/mol. The number of rotatable bonds is 10. The second kappa shape index (κ2) is 14.0. The molecule has 0 aliphatic rings. The Bertz CT molecular complexity index is 1570. The molecular formula is C33H46F12N4P2. The molecule has 4 rings (SSSR count). The average molecular weight is 789 g/mol. The number of aromatic nitrogens is 4. The van der Waals surface area contributed by atoms with E-state index in [-0.39, 0.29) is 0 Å². The van der Waals surface area contributed by atoms with Crippen LogP contribution < -0.4 is 9.13 Å². The molecule has 4 aromatic rings. The van der Waals surface area contributed by atoms with E-state index < -0.39 is 15.6 Å². The van der Waals surface area contributed by atoms with Gasteiger partial charge in [0.15, 0.2) is 0 Å². The van der Waals surface area contributed by atoms with E-state index in [1.165, 1.54) is 33.6 Å². The molecule has 0 saturated carbocycles. The number of hydrogen-bond acceptors (Lipinski definition) is 0. The number of para-hydroxylation sites is 2. The van der Waals surface area contributed by atoms with Crippen LogP contribution in [0.3, 0.4) is 0 Å². The van der Waals surface area contributed by atoms with Crippen LogP contribution in [0.1, 0.15) is 108 Å². The number of benzene rings is 2. The molecule has 2 aromatic heterocycles. The van der Waals surface area contributed by atoms with E-state index in [4.69, 9.17) is 0 Å². The molecule has 0 bridgehead atoms. The summed E-state index contributed by atoms with van der Waals surface area (Å²) in [6, 6.07) is 13.5. The van der Waals surface area contributed by atoms with Crippen LogP contribution >= 0.6 is 15.6 Å². The van der Waals surface area contributed by atoms with Crippen molar-refractivity contribution in [2.75, 3.05) is 0 Å². The summed E-state index contributed by atoms with van der Waals surface area (Å²) in [5.74, 6) is 1.95.